The maximum Gasteiger partial charge on any atom is 0.333 e. The van der Waals surface area contributed by atoms with Gasteiger partial charge in [-0.2, -0.15) is 0 Å². The molecule has 0 saturated carbocycles. The van der Waals surface area contributed by atoms with E-state index in [2.05, 4.69) is 5.32 Å². The number of hydrogen-bond acceptors (Lipinski definition) is 3. The molecule has 2 amide bonds. The number of anilines is 1. The lowest BCUT2D eigenvalue weighted by atomic mass is 10.2. The molecule has 1 heterocycles. The number of carbonyl (C=O) groups excluding carboxylic acids is 1. The molecule has 0 fully saturated rings. The van der Waals surface area contributed by atoms with Crippen LogP contribution in [0, 0.1) is 5.82 Å². The molecule has 2 aromatic carbocycles. The van der Waals surface area contributed by atoms with Crippen LogP contribution in [0.3, 0.4) is 0 Å². The summed E-state index contributed by atoms with van der Waals surface area (Å²) < 4.78 is 42.0. The molecular weight excluding hydrogens is 357 g/mol. The molecule has 3 rings (SSSR count). The highest BCUT2D eigenvalue weighted by Gasteiger charge is 2.19. The van der Waals surface area contributed by atoms with Gasteiger partial charge in [0.05, 0.1) is 4.90 Å². The zero-order chi connectivity index (χ0) is 18.9. The highest BCUT2D eigenvalue weighted by atomic mass is 32.2. The van der Waals surface area contributed by atoms with Crippen LogP contribution in [-0.2, 0) is 10.0 Å². The Morgan fingerprint density at radius 1 is 1.12 bits per heavy atom. The Hall–Kier alpha value is -2.87. The summed E-state index contributed by atoms with van der Waals surface area (Å²) in [6.07, 6.45) is 1.88. The number of amides is 2. The Balaban J connectivity index is 1.84. The molecule has 3 aromatic rings. The van der Waals surface area contributed by atoms with E-state index < -0.39 is 21.9 Å². The summed E-state index contributed by atoms with van der Waals surface area (Å²) in [5, 5.41) is 3.20. The number of aromatic nitrogens is 1. The van der Waals surface area contributed by atoms with Gasteiger partial charge in [-0.05, 0) is 55.6 Å². The number of fused-ring (bicyclic) bond motifs is 1. The van der Waals surface area contributed by atoms with Gasteiger partial charge >= 0.3 is 6.03 Å². The first-order valence-corrected chi connectivity index (χ1v) is 9.44. The van der Waals surface area contributed by atoms with E-state index >= 15 is 0 Å². The van der Waals surface area contributed by atoms with Gasteiger partial charge in [-0.25, -0.2) is 22.3 Å². The first-order chi connectivity index (χ1) is 12.3. The van der Waals surface area contributed by atoms with Crippen molar-refractivity contribution in [3.05, 3.63) is 60.5 Å². The van der Waals surface area contributed by atoms with Crippen molar-refractivity contribution in [2.24, 2.45) is 0 Å². The summed E-state index contributed by atoms with van der Waals surface area (Å²) in [6.45, 7) is 3.98. The maximum absolute atomic E-state index is 13.1. The second-order valence-corrected chi connectivity index (χ2v) is 7.79. The van der Waals surface area contributed by atoms with E-state index in [1.165, 1.54) is 30.3 Å². The smallest absolute Gasteiger partial charge is 0.333 e. The predicted molar refractivity (Wildman–Crippen MR) is 98.1 cm³/mol. The van der Waals surface area contributed by atoms with Gasteiger partial charge < -0.3 is 9.88 Å². The van der Waals surface area contributed by atoms with Crippen LogP contribution < -0.4 is 10.0 Å². The number of halogens is 1. The van der Waals surface area contributed by atoms with Crippen LogP contribution in [0.1, 0.15) is 19.9 Å². The topological polar surface area (TPSA) is 80.2 Å². The van der Waals surface area contributed by atoms with E-state index in [4.69, 9.17) is 0 Å². The molecule has 0 radical (unpaired) electrons. The first-order valence-electron chi connectivity index (χ1n) is 7.96. The van der Waals surface area contributed by atoms with Gasteiger partial charge in [0.1, 0.15) is 5.82 Å². The van der Waals surface area contributed by atoms with Crippen LogP contribution in [-0.4, -0.2) is 19.0 Å². The monoisotopic (exact) mass is 375 g/mol. The summed E-state index contributed by atoms with van der Waals surface area (Å²) in [5.74, 6) is -0.537. The standard InChI is InChI=1S/C18H18FN3O3S/c1-12(2)22-9-8-13-6-7-16(11-17(13)22)26(24,25)21-18(23)20-15-5-3-4-14(19)10-15/h3-12H,1-2H3,(H2,20,21,23). The molecule has 0 aliphatic rings. The zero-order valence-electron chi connectivity index (χ0n) is 14.2. The number of rotatable bonds is 4. The second kappa shape index (κ2) is 6.80. The van der Waals surface area contributed by atoms with Gasteiger partial charge in [-0.15, -0.1) is 0 Å². The zero-order valence-corrected chi connectivity index (χ0v) is 15.0. The number of nitrogens with one attached hydrogen (secondary N) is 2. The largest absolute Gasteiger partial charge is 0.345 e. The maximum atomic E-state index is 13.1. The third kappa shape index (κ3) is 3.70. The van der Waals surface area contributed by atoms with Crippen molar-refractivity contribution in [1.29, 1.82) is 0 Å². The van der Waals surface area contributed by atoms with Gasteiger partial charge in [-0.3, -0.25) is 0 Å². The van der Waals surface area contributed by atoms with Crippen molar-refractivity contribution < 1.29 is 17.6 Å². The van der Waals surface area contributed by atoms with Crippen LogP contribution >= 0.6 is 0 Å². The molecule has 1 aromatic heterocycles. The van der Waals surface area contributed by atoms with E-state index in [1.54, 1.807) is 6.07 Å². The van der Waals surface area contributed by atoms with Crippen molar-refractivity contribution in [2.75, 3.05) is 5.32 Å². The molecule has 0 bridgehead atoms. The molecule has 136 valence electrons. The van der Waals surface area contributed by atoms with Crippen LogP contribution in [0.25, 0.3) is 10.9 Å². The summed E-state index contributed by atoms with van der Waals surface area (Å²) in [5.41, 5.74) is 0.912. The van der Waals surface area contributed by atoms with Crippen LogP contribution in [0.2, 0.25) is 0 Å². The summed E-state index contributed by atoms with van der Waals surface area (Å²) >= 11 is 0. The quantitative estimate of drug-likeness (QED) is 0.726. The highest BCUT2D eigenvalue weighted by molar-refractivity contribution is 7.90. The number of nitrogens with zero attached hydrogens (tertiary/aromatic N) is 1. The summed E-state index contributed by atoms with van der Waals surface area (Å²) in [6, 6.07) is 10.9. The van der Waals surface area contributed by atoms with Crippen molar-refractivity contribution in [1.82, 2.24) is 9.29 Å². The fourth-order valence-electron chi connectivity index (χ4n) is 2.65. The van der Waals surface area contributed by atoms with Crippen LogP contribution in [0.5, 0.6) is 0 Å². The Kier molecular flexibility index (Phi) is 4.69. The molecule has 2 N–H and O–H groups in total. The fourth-order valence-corrected chi connectivity index (χ4v) is 3.58. The number of urea groups is 1. The predicted octanol–water partition coefficient (Wildman–Crippen LogP) is 3.87. The summed E-state index contributed by atoms with van der Waals surface area (Å²) in [4.78, 5) is 11.9. The van der Waals surface area contributed by atoms with Crippen molar-refractivity contribution in [3.8, 4) is 0 Å². The average Bonchev–Trinajstić information content (AvgIpc) is 2.97. The van der Waals surface area contributed by atoms with E-state index in [0.29, 0.717) is 0 Å². The fraction of sp³-hybridized carbons (Fsp3) is 0.167. The molecule has 0 atom stereocenters. The lowest BCUT2D eigenvalue weighted by molar-refractivity contribution is 0.256. The Morgan fingerprint density at radius 3 is 2.58 bits per heavy atom. The third-order valence-electron chi connectivity index (χ3n) is 3.87. The number of sulfonamides is 1. The number of benzene rings is 2. The minimum absolute atomic E-state index is 0.0278. The normalized spacial score (nSPS) is 11.7. The molecular formula is C18H18FN3O3S. The molecule has 0 saturated heterocycles. The van der Waals surface area contributed by atoms with E-state index in [0.717, 1.165) is 17.0 Å². The highest BCUT2D eigenvalue weighted by Crippen LogP contribution is 2.23. The van der Waals surface area contributed by atoms with E-state index in [-0.39, 0.29) is 16.6 Å². The SMILES string of the molecule is CC(C)n1ccc2ccc(S(=O)(=O)NC(=O)Nc3cccc(F)c3)cc21. The van der Waals surface area contributed by atoms with Gasteiger partial charge in [0, 0.05) is 23.4 Å². The minimum atomic E-state index is -4.07. The lowest BCUT2D eigenvalue weighted by Crippen LogP contribution is -2.34. The van der Waals surface area contributed by atoms with Crippen molar-refractivity contribution in [2.45, 2.75) is 24.8 Å². The molecule has 8 heteroatoms. The van der Waals surface area contributed by atoms with Crippen molar-refractivity contribution >= 4 is 32.6 Å². The van der Waals surface area contributed by atoms with Crippen molar-refractivity contribution in [3.63, 3.8) is 0 Å². The Labute approximate surface area is 150 Å². The average molecular weight is 375 g/mol. The van der Waals surface area contributed by atoms with E-state index in [1.807, 2.05) is 35.4 Å². The number of hydrogen-bond donors (Lipinski definition) is 2. The lowest BCUT2D eigenvalue weighted by Gasteiger charge is -2.11. The Bertz CT molecular complexity index is 1070. The Morgan fingerprint density at radius 2 is 1.88 bits per heavy atom. The van der Waals surface area contributed by atoms with Crippen LogP contribution in [0.4, 0.5) is 14.9 Å². The van der Waals surface area contributed by atoms with Gasteiger partial charge in [0.15, 0.2) is 0 Å². The molecule has 0 aliphatic heterocycles. The minimum Gasteiger partial charge on any atom is -0.345 e. The van der Waals surface area contributed by atoms with Crippen LogP contribution in [0.15, 0.2) is 59.6 Å². The second-order valence-electron chi connectivity index (χ2n) is 6.11. The first kappa shape index (κ1) is 17.9. The number of carbonyl (C=O) groups is 1. The molecule has 0 spiro atoms. The van der Waals surface area contributed by atoms with Gasteiger partial charge in [0.25, 0.3) is 10.0 Å². The molecule has 0 aliphatic carbocycles. The molecule has 26 heavy (non-hydrogen) atoms. The van der Waals surface area contributed by atoms with E-state index in [9.17, 15) is 17.6 Å². The van der Waals surface area contributed by atoms with Gasteiger partial charge in [-0.1, -0.05) is 12.1 Å². The molecule has 0 unspecified atom stereocenters. The van der Waals surface area contributed by atoms with Gasteiger partial charge in [0.2, 0.25) is 0 Å². The summed E-state index contributed by atoms with van der Waals surface area (Å²) in [7, 11) is -4.07. The molecule has 6 nitrogen and oxygen atoms in total. The third-order valence-corrected chi connectivity index (χ3v) is 5.20.